The van der Waals surface area contributed by atoms with Crippen LogP contribution in [0.2, 0.25) is 0 Å². The van der Waals surface area contributed by atoms with Crippen LogP contribution < -0.4 is 5.32 Å². The fourth-order valence-corrected chi connectivity index (χ4v) is 3.11. The van der Waals surface area contributed by atoms with E-state index >= 15 is 0 Å². The molecule has 2 aromatic carbocycles. The Kier molecular flexibility index (Phi) is 4.81. The molecular weight excluding hydrogens is 331 g/mol. The summed E-state index contributed by atoms with van der Waals surface area (Å²) in [5.74, 6) is -0.236. The fourth-order valence-electron chi connectivity index (χ4n) is 3.11. The van der Waals surface area contributed by atoms with Gasteiger partial charge < -0.3 is 10.4 Å². The van der Waals surface area contributed by atoms with Crippen LogP contribution in [0.1, 0.15) is 34.7 Å². The van der Waals surface area contributed by atoms with Gasteiger partial charge in [0.05, 0.1) is 17.7 Å². The van der Waals surface area contributed by atoms with Gasteiger partial charge in [0.1, 0.15) is 0 Å². The highest BCUT2D eigenvalue weighted by molar-refractivity contribution is 5.77. The van der Waals surface area contributed by atoms with E-state index in [9.17, 15) is 23.1 Å². The molecule has 0 unspecified atom stereocenters. The smallest absolute Gasteiger partial charge is 0.390 e. The normalized spacial score (nSPS) is 19.5. The van der Waals surface area contributed by atoms with E-state index in [1.54, 1.807) is 0 Å². The van der Waals surface area contributed by atoms with Crippen molar-refractivity contribution in [3.63, 3.8) is 0 Å². The Morgan fingerprint density at radius 1 is 1.12 bits per heavy atom. The molecule has 1 aliphatic rings. The molecular formula is C19H18F3NO2. The summed E-state index contributed by atoms with van der Waals surface area (Å²) in [6.07, 6.45) is -4.03. The van der Waals surface area contributed by atoms with Gasteiger partial charge in [-0.25, -0.2) is 0 Å². The number of hydrogen-bond acceptors (Lipinski definition) is 2. The summed E-state index contributed by atoms with van der Waals surface area (Å²) in [7, 11) is 0. The Bertz CT molecular complexity index is 756. The molecule has 0 saturated heterocycles. The number of rotatable bonds is 4. The van der Waals surface area contributed by atoms with E-state index < -0.39 is 23.9 Å². The molecule has 0 saturated carbocycles. The predicted molar refractivity (Wildman–Crippen MR) is 86.8 cm³/mol. The minimum Gasteiger partial charge on any atom is -0.390 e. The Morgan fingerprint density at radius 2 is 1.80 bits per heavy atom. The van der Waals surface area contributed by atoms with Crippen molar-refractivity contribution in [1.82, 2.24) is 5.32 Å². The number of alkyl halides is 3. The lowest BCUT2D eigenvalue weighted by atomic mass is 10.1. The van der Waals surface area contributed by atoms with Crippen molar-refractivity contribution < 1.29 is 23.1 Å². The van der Waals surface area contributed by atoms with Gasteiger partial charge in [0.25, 0.3) is 0 Å². The largest absolute Gasteiger partial charge is 0.416 e. The number of nitrogens with one attached hydrogen (secondary N) is 1. The number of aliphatic hydroxyl groups is 1. The van der Waals surface area contributed by atoms with E-state index in [0.29, 0.717) is 18.4 Å². The van der Waals surface area contributed by atoms with Crippen LogP contribution in [0.4, 0.5) is 13.2 Å². The first-order valence-corrected chi connectivity index (χ1v) is 8.06. The number of hydrogen-bond donors (Lipinski definition) is 2. The number of aliphatic hydroxyl groups excluding tert-OH is 1. The summed E-state index contributed by atoms with van der Waals surface area (Å²) < 4.78 is 37.6. The summed E-state index contributed by atoms with van der Waals surface area (Å²) in [4.78, 5) is 12.2. The number of aryl methyl sites for hydroxylation is 1. The topological polar surface area (TPSA) is 49.3 Å². The zero-order valence-corrected chi connectivity index (χ0v) is 13.4. The van der Waals surface area contributed by atoms with Crippen LogP contribution in [0.3, 0.4) is 0 Å². The summed E-state index contributed by atoms with van der Waals surface area (Å²) in [5, 5.41) is 13.0. The molecule has 0 radical (unpaired) electrons. The highest BCUT2D eigenvalue weighted by Crippen LogP contribution is 2.31. The van der Waals surface area contributed by atoms with Gasteiger partial charge in [-0.2, -0.15) is 13.2 Å². The van der Waals surface area contributed by atoms with Crippen molar-refractivity contribution in [3.05, 3.63) is 70.8 Å². The highest BCUT2D eigenvalue weighted by Gasteiger charge is 2.32. The summed E-state index contributed by atoms with van der Waals surface area (Å²) in [5.41, 5.74) is 1.89. The maximum absolute atomic E-state index is 12.5. The molecule has 1 aliphatic carbocycles. The maximum atomic E-state index is 12.5. The van der Waals surface area contributed by atoms with E-state index in [2.05, 4.69) is 5.32 Å². The third-order valence-corrected chi connectivity index (χ3v) is 4.44. The molecule has 0 fully saturated rings. The first kappa shape index (κ1) is 17.5. The van der Waals surface area contributed by atoms with Crippen LogP contribution in [-0.4, -0.2) is 17.1 Å². The number of halogens is 3. The van der Waals surface area contributed by atoms with Crippen LogP contribution in [0, 0.1) is 0 Å². The Balaban J connectivity index is 1.57. The monoisotopic (exact) mass is 349 g/mol. The number of benzene rings is 2. The number of fused-ring (bicyclic) bond motifs is 1. The molecule has 3 rings (SSSR count). The van der Waals surface area contributed by atoms with Crippen molar-refractivity contribution >= 4 is 5.91 Å². The molecule has 0 aromatic heterocycles. The van der Waals surface area contributed by atoms with Gasteiger partial charge in [0.2, 0.25) is 5.91 Å². The van der Waals surface area contributed by atoms with Crippen LogP contribution in [0.5, 0.6) is 0 Å². The number of carbonyl (C=O) groups is 1. The first-order chi connectivity index (χ1) is 11.8. The minimum absolute atomic E-state index is 0.150. The average Bonchev–Trinajstić information content (AvgIpc) is 2.88. The summed E-state index contributed by atoms with van der Waals surface area (Å²) in [6.45, 7) is 0. The molecule has 0 heterocycles. The number of carbonyl (C=O) groups excluding carboxylic acids is 1. The van der Waals surface area contributed by atoms with E-state index in [-0.39, 0.29) is 12.3 Å². The molecule has 132 valence electrons. The fraction of sp³-hybridized carbons (Fsp3) is 0.316. The SMILES string of the molecule is O=C(CCc1ccc(C(F)(F)F)cc1)N[C@@H]1c2ccccc2C[C@@H]1O. The van der Waals surface area contributed by atoms with Crippen molar-refractivity contribution in [2.75, 3.05) is 0 Å². The molecule has 3 nitrogen and oxygen atoms in total. The van der Waals surface area contributed by atoms with Crippen molar-refractivity contribution in [1.29, 1.82) is 0 Å². The second-order valence-corrected chi connectivity index (χ2v) is 6.21. The predicted octanol–water partition coefficient (Wildman–Crippen LogP) is 3.41. The standard InChI is InChI=1S/C19H18F3NO2/c20-19(21,22)14-8-5-12(6-9-14)7-10-17(25)23-18-15-4-2-1-3-13(15)11-16(18)24/h1-6,8-9,16,18,24H,7,10-11H2,(H,23,25)/t16-,18+/m0/s1. The quantitative estimate of drug-likeness (QED) is 0.889. The van der Waals surface area contributed by atoms with Crippen molar-refractivity contribution in [3.8, 4) is 0 Å². The lowest BCUT2D eigenvalue weighted by Gasteiger charge is -2.18. The molecule has 2 N–H and O–H groups in total. The molecule has 0 aliphatic heterocycles. The van der Waals surface area contributed by atoms with Gasteiger partial charge in [-0.15, -0.1) is 0 Å². The van der Waals surface area contributed by atoms with Gasteiger partial charge in [-0.1, -0.05) is 36.4 Å². The lowest BCUT2D eigenvalue weighted by molar-refractivity contribution is -0.137. The van der Waals surface area contributed by atoms with Crippen molar-refractivity contribution in [2.24, 2.45) is 0 Å². The van der Waals surface area contributed by atoms with Crippen LogP contribution in [0.15, 0.2) is 48.5 Å². The molecule has 0 bridgehead atoms. The third kappa shape index (κ3) is 4.02. The highest BCUT2D eigenvalue weighted by atomic mass is 19.4. The van der Waals surface area contributed by atoms with Gasteiger partial charge in [0.15, 0.2) is 0 Å². The van der Waals surface area contributed by atoms with Crippen molar-refractivity contribution in [2.45, 2.75) is 37.6 Å². The minimum atomic E-state index is -4.36. The summed E-state index contributed by atoms with van der Waals surface area (Å²) >= 11 is 0. The first-order valence-electron chi connectivity index (χ1n) is 8.06. The molecule has 2 atom stereocenters. The Morgan fingerprint density at radius 3 is 2.48 bits per heavy atom. The molecule has 2 aromatic rings. The van der Waals surface area contributed by atoms with Gasteiger partial charge in [-0.3, -0.25) is 4.79 Å². The molecule has 1 amide bonds. The van der Waals surface area contributed by atoms with Gasteiger partial charge in [-0.05, 0) is 35.2 Å². The van der Waals surface area contributed by atoms with E-state index in [1.165, 1.54) is 12.1 Å². The van der Waals surface area contributed by atoms with Crippen LogP contribution in [0.25, 0.3) is 0 Å². The Labute approximate surface area is 143 Å². The zero-order valence-electron chi connectivity index (χ0n) is 13.4. The van der Waals surface area contributed by atoms with Crippen LogP contribution >= 0.6 is 0 Å². The molecule has 0 spiro atoms. The second-order valence-electron chi connectivity index (χ2n) is 6.21. The molecule has 6 heteroatoms. The van der Waals surface area contributed by atoms with E-state index in [4.69, 9.17) is 0 Å². The van der Waals surface area contributed by atoms with Gasteiger partial charge in [0, 0.05) is 12.8 Å². The second kappa shape index (κ2) is 6.88. The Hall–Kier alpha value is -2.34. The lowest BCUT2D eigenvalue weighted by Crippen LogP contribution is -2.33. The number of amides is 1. The van der Waals surface area contributed by atoms with Gasteiger partial charge >= 0.3 is 6.18 Å². The van der Waals surface area contributed by atoms with Crippen LogP contribution in [-0.2, 0) is 23.8 Å². The third-order valence-electron chi connectivity index (χ3n) is 4.44. The maximum Gasteiger partial charge on any atom is 0.416 e. The average molecular weight is 349 g/mol. The van der Waals surface area contributed by atoms with E-state index in [1.807, 2.05) is 24.3 Å². The molecule has 25 heavy (non-hydrogen) atoms. The summed E-state index contributed by atoms with van der Waals surface area (Å²) in [6, 6.07) is 11.9. The van der Waals surface area contributed by atoms with E-state index in [0.717, 1.165) is 23.3 Å². The zero-order chi connectivity index (χ0) is 18.0.